The third-order valence-electron chi connectivity index (χ3n) is 3.71. The number of carbonyl (C=O) groups is 1. The first-order valence-electron chi connectivity index (χ1n) is 8.54. The molecule has 0 spiro atoms. The number of amides is 1. The summed E-state index contributed by atoms with van der Waals surface area (Å²) in [6, 6.07) is 17.9. The van der Waals surface area contributed by atoms with Gasteiger partial charge in [-0.25, -0.2) is 0 Å². The summed E-state index contributed by atoms with van der Waals surface area (Å²) >= 11 is 0. The summed E-state index contributed by atoms with van der Waals surface area (Å²) in [7, 11) is 0. The van der Waals surface area contributed by atoms with Gasteiger partial charge in [0.2, 0.25) is 5.91 Å². The highest BCUT2D eigenvalue weighted by molar-refractivity contribution is 5.92. The van der Waals surface area contributed by atoms with E-state index >= 15 is 0 Å². The summed E-state index contributed by atoms with van der Waals surface area (Å²) in [6.45, 7) is 5.12. The molecule has 0 aliphatic rings. The summed E-state index contributed by atoms with van der Waals surface area (Å²) < 4.78 is 5.58. The molecular weight excluding hydrogens is 300 g/mol. The van der Waals surface area contributed by atoms with E-state index < -0.39 is 0 Å². The van der Waals surface area contributed by atoms with Crippen LogP contribution in [0.2, 0.25) is 0 Å². The van der Waals surface area contributed by atoms with Crippen LogP contribution in [0.3, 0.4) is 0 Å². The fraction of sp³-hybridized carbons (Fsp3) is 0.350. The van der Waals surface area contributed by atoms with Gasteiger partial charge < -0.3 is 15.4 Å². The number of ether oxygens (including phenoxy) is 1. The molecule has 0 saturated heterocycles. The van der Waals surface area contributed by atoms with E-state index in [1.54, 1.807) is 0 Å². The fourth-order valence-corrected chi connectivity index (χ4v) is 2.49. The Morgan fingerprint density at radius 1 is 1.08 bits per heavy atom. The maximum Gasteiger partial charge on any atom is 0.238 e. The van der Waals surface area contributed by atoms with Gasteiger partial charge in [-0.1, -0.05) is 50.2 Å². The second-order valence-corrected chi connectivity index (χ2v) is 5.68. The van der Waals surface area contributed by atoms with Crippen molar-refractivity contribution in [2.24, 2.45) is 0 Å². The Kier molecular flexibility index (Phi) is 7.30. The van der Waals surface area contributed by atoms with Crippen LogP contribution in [0.5, 0.6) is 5.75 Å². The molecule has 2 N–H and O–H groups in total. The summed E-state index contributed by atoms with van der Waals surface area (Å²) in [5.74, 6) is 0.718. The first-order chi connectivity index (χ1) is 11.7. The van der Waals surface area contributed by atoms with Crippen molar-refractivity contribution < 1.29 is 9.53 Å². The minimum Gasteiger partial charge on any atom is -0.494 e. The number of anilines is 1. The summed E-state index contributed by atoms with van der Waals surface area (Å²) in [6.07, 6.45) is 1.88. The second kappa shape index (κ2) is 9.73. The maximum atomic E-state index is 12.2. The zero-order chi connectivity index (χ0) is 17.2. The minimum absolute atomic E-state index is 0.0583. The van der Waals surface area contributed by atoms with E-state index in [-0.39, 0.29) is 18.5 Å². The smallest absolute Gasteiger partial charge is 0.238 e. The average molecular weight is 326 g/mol. The van der Waals surface area contributed by atoms with Gasteiger partial charge in [0.25, 0.3) is 0 Å². The normalized spacial score (nSPS) is 11.8. The maximum absolute atomic E-state index is 12.2. The minimum atomic E-state index is -0.0583. The van der Waals surface area contributed by atoms with E-state index in [1.165, 1.54) is 5.56 Å². The third kappa shape index (κ3) is 5.70. The molecule has 0 aliphatic heterocycles. The summed E-state index contributed by atoms with van der Waals surface area (Å²) in [4.78, 5) is 12.2. The van der Waals surface area contributed by atoms with Gasteiger partial charge in [0.05, 0.1) is 13.2 Å². The predicted octanol–water partition coefficient (Wildman–Crippen LogP) is 4.15. The lowest BCUT2D eigenvalue weighted by molar-refractivity contribution is -0.115. The van der Waals surface area contributed by atoms with Crippen LogP contribution in [0, 0.1) is 0 Å². The van der Waals surface area contributed by atoms with Crippen LogP contribution in [0.25, 0.3) is 0 Å². The van der Waals surface area contributed by atoms with Gasteiger partial charge in [0, 0.05) is 17.8 Å². The van der Waals surface area contributed by atoms with Crippen LogP contribution in [0.4, 0.5) is 5.69 Å². The molecule has 128 valence electrons. The Labute approximate surface area is 144 Å². The first-order valence-corrected chi connectivity index (χ1v) is 8.54. The van der Waals surface area contributed by atoms with Crippen molar-refractivity contribution in [3.05, 3.63) is 60.2 Å². The molecule has 1 atom stereocenters. The Bertz CT molecular complexity index is 629. The summed E-state index contributed by atoms with van der Waals surface area (Å²) in [5, 5.41) is 6.22. The van der Waals surface area contributed by atoms with Gasteiger partial charge in [-0.05, 0) is 30.5 Å². The molecule has 2 rings (SSSR count). The van der Waals surface area contributed by atoms with E-state index in [4.69, 9.17) is 4.74 Å². The first kappa shape index (κ1) is 18.0. The van der Waals surface area contributed by atoms with Crippen molar-refractivity contribution in [2.45, 2.75) is 32.7 Å². The van der Waals surface area contributed by atoms with Gasteiger partial charge in [-0.3, -0.25) is 4.79 Å². The summed E-state index contributed by atoms with van der Waals surface area (Å²) in [5.41, 5.74) is 1.95. The second-order valence-electron chi connectivity index (χ2n) is 5.68. The monoisotopic (exact) mass is 326 g/mol. The predicted molar refractivity (Wildman–Crippen MR) is 98.3 cm³/mol. The lowest BCUT2D eigenvalue weighted by Crippen LogP contribution is -2.31. The number of benzene rings is 2. The van der Waals surface area contributed by atoms with Crippen molar-refractivity contribution in [3.8, 4) is 5.75 Å². The van der Waals surface area contributed by atoms with Gasteiger partial charge >= 0.3 is 0 Å². The van der Waals surface area contributed by atoms with Crippen LogP contribution >= 0.6 is 0 Å². The number of rotatable bonds is 9. The third-order valence-corrected chi connectivity index (χ3v) is 3.71. The molecular formula is C20H26N2O2. The van der Waals surface area contributed by atoms with E-state index in [9.17, 15) is 4.79 Å². The molecule has 1 unspecified atom stereocenters. The molecule has 0 bridgehead atoms. The highest BCUT2D eigenvalue weighted by atomic mass is 16.5. The molecule has 0 aromatic heterocycles. The topological polar surface area (TPSA) is 50.4 Å². The molecule has 2 aromatic rings. The number of carbonyl (C=O) groups excluding carboxylic acids is 1. The lowest BCUT2D eigenvalue weighted by atomic mass is 10.0. The fourth-order valence-electron chi connectivity index (χ4n) is 2.49. The van der Waals surface area contributed by atoms with Crippen molar-refractivity contribution in [1.82, 2.24) is 5.32 Å². The van der Waals surface area contributed by atoms with Crippen LogP contribution < -0.4 is 15.4 Å². The Morgan fingerprint density at radius 2 is 1.88 bits per heavy atom. The van der Waals surface area contributed by atoms with Crippen LogP contribution in [0.15, 0.2) is 54.6 Å². The highest BCUT2D eigenvalue weighted by Crippen LogP contribution is 2.18. The molecule has 0 heterocycles. The average Bonchev–Trinajstić information content (AvgIpc) is 2.62. The Hall–Kier alpha value is -2.33. The van der Waals surface area contributed by atoms with E-state index in [2.05, 4.69) is 36.6 Å². The van der Waals surface area contributed by atoms with E-state index in [1.807, 2.05) is 42.5 Å². The van der Waals surface area contributed by atoms with Crippen molar-refractivity contribution in [3.63, 3.8) is 0 Å². The van der Waals surface area contributed by atoms with Gasteiger partial charge in [0.1, 0.15) is 5.75 Å². The van der Waals surface area contributed by atoms with Gasteiger partial charge in [-0.2, -0.15) is 0 Å². The molecule has 2 aromatic carbocycles. The number of hydrogen-bond acceptors (Lipinski definition) is 3. The molecule has 1 amide bonds. The SMILES string of the molecule is CCCOc1cccc(NC(=O)CNC(CC)c2ccccc2)c1. The van der Waals surface area contributed by atoms with Gasteiger partial charge in [-0.15, -0.1) is 0 Å². The molecule has 24 heavy (non-hydrogen) atoms. The molecule has 0 saturated carbocycles. The molecule has 4 heteroatoms. The lowest BCUT2D eigenvalue weighted by Gasteiger charge is -2.17. The quantitative estimate of drug-likeness (QED) is 0.727. The highest BCUT2D eigenvalue weighted by Gasteiger charge is 2.10. The van der Waals surface area contributed by atoms with Crippen LogP contribution in [0.1, 0.15) is 38.3 Å². The molecule has 0 fully saturated rings. The Morgan fingerprint density at radius 3 is 2.58 bits per heavy atom. The largest absolute Gasteiger partial charge is 0.494 e. The zero-order valence-corrected chi connectivity index (χ0v) is 14.4. The van der Waals surface area contributed by atoms with Crippen molar-refractivity contribution in [2.75, 3.05) is 18.5 Å². The number of nitrogens with one attached hydrogen (secondary N) is 2. The molecule has 4 nitrogen and oxygen atoms in total. The zero-order valence-electron chi connectivity index (χ0n) is 14.4. The van der Waals surface area contributed by atoms with Gasteiger partial charge in [0.15, 0.2) is 0 Å². The van der Waals surface area contributed by atoms with Crippen molar-refractivity contribution in [1.29, 1.82) is 0 Å². The Balaban J connectivity index is 1.86. The standard InChI is InChI=1S/C20H26N2O2/c1-3-13-24-18-12-8-11-17(14-18)22-20(23)15-21-19(4-2)16-9-6-5-7-10-16/h5-12,14,19,21H,3-4,13,15H2,1-2H3,(H,22,23). The van der Waals surface area contributed by atoms with E-state index in [0.717, 1.165) is 24.3 Å². The van der Waals surface area contributed by atoms with Crippen molar-refractivity contribution >= 4 is 11.6 Å². The number of hydrogen-bond donors (Lipinski definition) is 2. The van der Waals surface area contributed by atoms with E-state index in [0.29, 0.717) is 6.61 Å². The molecule has 0 radical (unpaired) electrons. The van der Waals surface area contributed by atoms with Crippen LogP contribution in [-0.4, -0.2) is 19.1 Å². The van der Waals surface area contributed by atoms with Crippen LogP contribution in [-0.2, 0) is 4.79 Å². The molecule has 0 aliphatic carbocycles.